The molecular formula is C12H10BrFN2O3. The van der Waals surface area contributed by atoms with Crippen molar-refractivity contribution in [1.29, 1.82) is 0 Å². The van der Waals surface area contributed by atoms with Crippen molar-refractivity contribution in [2.75, 3.05) is 12.4 Å². The molecule has 0 unspecified atom stereocenters. The fourth-order valence-electron chi connectivity index (χ4n) is 1.41. The van der Waals surface area contributed by atoms with Gasteiger partial charge in [-0.3, -0.25) is 4.79 Å². The van der Waals surface area contributed by atoms with E-state index in [9.17, 15) is 9.18 Å². The largest absolute Gasteiger partial charge is 0.377 e. The van der Waals surface area contributed by atoms with Crippen LogP contribution in [0.1, 0.15) is 16.2 Å². The van der Waals surface area contributed by atoms with Gasteiger partial charge < -0.3 is 14.6 Å². The molecule has 19 heavy (non-hydrogen) atoms. The summed E-state index contributed by atoms with van der Waals surface area (Å²) in [6, 6.07) is 5.77. The number of rotatable bonds is 4. The normalized spacial score (nSPS) is 10.5. The second-order valence-corrected chi connectivity index (χ2v) is 4.61. The van der Waals surface area contributed by atoms with Gasteiger partial charge in [0.2, 0.25) is 0 Å². The lowest BCUT2D eigenvalue weighted by atomic mass is 10.3. The van der Waals surface area contributed by atoms with Gasteiger partial charge in [0.25, 0.3) is 5.91 Å². The lowest BCUT2D eigenvalue weighted by molar-refractivity contribution is 0.101. The van der Waals surface area contributed by atoms with E-state index < -0.39 is 11.7 Å². The van der Waals surface area contributed by atoms with Crippen LogP contribution in [0.3, 0.4) is 0 Å². The zero-order chi connectivity index (χ0) is 13.8. The highest BCUT2D eigenvalue weighted by Crippen LogP contribution is 2.20. The first-order valence-electron chi connectivity index (χ1n) is 5.31. The Morgan fingerprint density at radius 2 is 2.32 bits per heavy atom. The second-order valence-electron chi connectivity index (χ2n) is 3.69. The quantitative estimate of drug-likeness (QED) is 0.937. The Hall–Kier alpha value is -1.73. The van der Waals surface area contributed by atoms with Gasteiger partial charge in [-0.2, -0.15) is 0 Å². The average molecular weight is 329 g/mol. The summed E-state index contributed by atoms with van der Waals surface area (Å²) in [6.45, 7) is 0.215. The molecule has 0 saturated heterocycles. The summed E-state index contributed by atoms with van der Waals surface area (Å²) in [4.78, 5) is 11.8. The summed E-state index contributed by atoms with van der Waals surface area (Å²) < 4.78 is 23.9. The van der Waals surface area contributed by atoms with Crippen LogP contribution in [0.4, 0.5) is 10.1 Å². The Morgan fingerprint density at radius 3 is 3.00 bits per heavy atom. The molecule has 0 spiro atoms. The highest BCUT2D eigenvalue weighted by atomic mass is 79.9. The van der Waals surface area contributed by atoms with Gasteiger partial charge in [0.15, 0.2) is 11.5 Å². The van der Waals surface area contributed by atoms with E-state index >= 15 is 0 Å². The summed E-state index contributed by atoms with van der Waals surface area (Å²) in [6.07, 6.45) is 0. The van der Waals surface area contributed by atoms with Gasteiger partial charge in [-0.25, -0.2) is 4.39 Å². The van der Waals surface area contributed by atoms with E-state index in [-0.39, 0.29) is 18.0 Å². The van der Waals surface area contributed by atoms with Gasteiger partial charge in [-0.15, -0.1) is 0 Å². The molecular weight excluding hydrogens is 319 g/mol. The molecule has 1 heterocycles. The molecule has 0 atom stereocenters. The molecule has 5 nitrogen and oxygen atoms in total. The minimum absolute atomic E-state index is 0.0642. The predicted octanol–water partition coefficient (Wildman–Crippen LogP) is 2.97. The van der Waals surface area contributed by atoms with Gasteiger partial charge in [0, 0.05) is 17.6 Å². The van der Waals surface area contributed by atoms with Gasteiger partial charge >= 0.3 is 0 Å². The van der Waals surface area contributed by atoms with Gasteiger partial charge in [0.05, 0.1) is 5.69 Å². The first-order valence-corrected chi connectivity index (χ1v) is 6.10. The molecule has 0 aliphatic rings. The third kappa shape index (κ3) is 3.39. The van der Waals surface area contributed by atoms with Crippen molar-refractivity contribution in [3.05, 3.63) is 46.0 Å². The third-order valence-electron chi connectivity index (χ3n) is 2.26. The molecule has 2 rings (SSSR count). The van der Waals surface area contributed by atoms with Crippen LogP contribution in [0, 0.1) is 5.82 Å². The third-order valence-corrected chi connectivity index (χ3v) is 2.75. The van der Waals surface area contributed by atoms with Crippen molar-refractivity contribution in [3.8, 4) is 0 Å². The highest BCUT2D eigenvalue weighted by Gasteiger charge is 2.14. The Balaban J connectivity index is 2.11. The van der Waals surface area contributed by atoms with Gasteiger partial charge in [0.1, 0.15) is 12.4 Å². The second kappa shape index (κ2) is 5.94. The number of methoxy groups -OCH3 is 1. The van der Waals surface area contributed by atoms with E-state index in [1.54, 1.807) is 6.07 Å². The number of halogens is 2. The number of aromatic nitrogens is 1. The van der Waals surface area contributed by atoms with E-state index in [1.165, 1.54) is 25.3 Å². The van der Waals surface area contributed by atoms with Crippen LogP contribution in [-0.4, -0.2) is 18.2 Å². The van der Waals surface area contributed by atoms with Crippen LogP contribution < -0.4 is 5.32 Å². The maximum absolute atomic E-state index is 13.5. The Bertz CT molecular complexity index is 600. The summed E-state index contributed by atoms with van der Waals surface area (Å²) in [5, 5.41) is 5.99. The molecule has 1 aromatic carbocycles. The van der Waals surface area contributed by atoms with E-state index in [1.807, 2.05) is 0 Å². The number of benzene rings is 1. The fraction of sp³-hybridized carbons (Fsp3) is 0.167. The molecule has 0 bridgehead atoms. The zero-order valence-electron chi connectivity index (χ0n) is 9.94. The maximum Gasteiger partial charge on any atom is 0.277 e. The molecule has 0 radical (unpaired) electrons. The number of hydrogen-bond donors (Lipinski definition) is 1. The number of anilines is 1. The number of carbonyl (C=O) groups is 1. The van der Waals surface area contributed by atoms with Crippen LogP contribution >= 0.6 is 15.9 Å². The molecule has 0 saturated carbocycles. The number of amides is 1. The monoisotopic (exact) mass is 328 g/mol. The van der Waals surface area contributed by atoms with Crippen molar-refractivity contribution in [2.24, 2.45) is 0 Å². The number of ether oxygens (including phenoxy) is 1. The van der Waals surface area contributed by atoms with Gasteiger partial charge in [-0.05, 0) is 18.2 Å². The van der Waals surface area contributed by atoms with Crippen molar-refractivity contribution in [3.63, 3.8) is 0 Å². The Labute approximate surface area is 116 Å². The van der Waals surface area contributed by atoms with Crippen molar-refractivity contribution in [2.45, 2.75) is 6.61 Å². The number of nitrogens with one attached hydrogen (secondary N) is 1. The number of nitrogens with zero attached hydrogens (tertiary/aromatic N) is 1. The first kappa shape index (κ1) is 13.7. The molecule has 0 aliphatic heterocycles. The molecule has 0 fully saturated rings. The van der Waals surface area contributed by atoms with Crippen LogP contribution in [0.25, 0.3) is 0 Å². The molecule has 1 amide bonds. The Kier molecular flexibility index (Phi) is 4.28. The standard InChI is InChI=1S/C12H10BrFN2O3/c1-18-6-8-5-11(16-19-8)12(17)15-10-3-2-7(13)4-9(10)14/h2-5H,6H2,1H3,(H,15,17). The van der Waals surface area contributed by atoms with E-state index in [4.69, 9.17) is 9.26 Å². The minimum atomic E-state index is -0.549. The highest BCUT2D eigenvalue weighted by molar-refractivity contribution is 9.10. The molecule has 100 valence electrons. The molecule has 1 N–H and O–H groups in total. The smallest absolute Gasteiger partial charge is 0.277 e. The van der Waals surface area contributed by atoms with Crippen LogP contribution in [0.15, 0.2) is 33.3 Å². The van der Waals surface area contributed by atoms with Crippen LogP contribution in [-0.2, 0) is 11.3 Å². The van der Waals surface area contributed by atoms with Crippen LogP contribution in [0.2, 0.25) is 0 Å². The SMILES string of the molecule is COCc1cc(C(=O)Nc2ccc(Br)cc2F)no1. The molecule has 2 aromatic rings. The number of hydrogen-bond acceptors (Lipinski definition) is 4. The Morgan fingerprint density at radius 1 is 1.53 bits per heavy atom. The molecule has 0 aliphatic carbocycles. The minimum Gasteiger partial charge on any atom is -0.377 e. The average Bonchev–Trinajstić information content (AvgIpc) is 2.82. The van der Waals surface area contributed by atoms with Gasteiger partial charge in [-0.1, -0.05) is 21.1 Å². The first-order chi connectivity index (χ1) is 9.10. The summed E-state index contributed by atoms with van der Waals surface area (Å²) >= 11 is 3.13. The number of carbonyl (C=O) groups excluding carboxylic acids is 1. The zero-order valence-corrected chi connectivity index (χ0v) is 11.5. The summed E-state index contributed by atoms with van der Waals surface area (Å²) in [5.41, 5.74) is 0.138. The lowest BCUT2D eigenvalue weighted by Crippen LogP contribution is -2.13. The van der Waals surface area contributed by atoms with E-state index in [0.717, 1.165) is 0 Å². The predicted molar refractivity (Wildman–Crippen MR) is 69.3 cm³/mol. The maximum atomic E-state index is 13.5. The van der Waals surface area contributed by atoms with Crippen molar-refractivity contribution in [1.82, 2.24) is 5.16 Å². The van der Waals surface area contributed by atoms with Crippen LogP contribution in [0.5, 0.6) is 0 Å². The lowest BCUT2D eigenvalue weighted by Gasteiger charge is -2.04. The molecule has 1 aromatic heterocycles. The summed E-state index contributed by atoms with van der Waals surface area (Å²) in [7, 11) is 1.50. The fourth-order valence-corrected chi connectivity index (χ4v) is 1.74. The van der Waals surface area contributed by atoms with Crippen molar-refractivity contribution < 1.29 is 18.4 Å². The van der Waals surface area contributed by atoms with E-state index in [2.05, 4.69) is 26.4 Å². The topological polar surface area (TPSA) is 64.4 Å². The summed E-state index contributed by atoms with van der Waals surface area (Å²) in [5.74, 6) is -0.667. The van der Waals surface area contributed by atoms with Crippen molar-refractivity contribution >= 4 is 27.5 Å². The molecule has 7 heteroatoms. The van der Waals surface area contributed by atoms with E-state index in [0.29, 0.717) is 10.2 Å².